The van der Waals surface area contributed by atoms with Gasteiger partial charge >= 0.3 is 29.6 Å². The van der Waals surface area contributed by atoms with Crippen LogP contribution in [0.25, 0.3) is 4.72 Å². The van der Waals surface area contributed by atoms with E-state index in [9.17, 15) is 13.2 Å². The van der Waals surface area contributed by atoms with Crippen LogP contribution in [0.2, 0.25) is 0 Å². The normalized spacial score (nSPS) is 19.4. The quantitative estimate of drug-likeness (QED) is 0.592. The molecule has 0 radical (unpaired) electrons. The number of nitrogens with zero attached hydrogens (tertiary/aromatic N) is 5. The summed E-state index contributed by atoms with van der Waals surface area (Å²) in [6.07, 6.45) is 10.4. The van der Waals surface area contributed by atoms with Gasteiger partial charge in [0.2, 0.25) is 0 Å². The number of urea groups is 1. The monoisotopic (exact) mass is 506 g/mol. The van der Waals surface area contributed by atoms with Crippen molar-refractivity contribution >= 4 is 27.6 Å². The fourth-order valence-corrected chi connectivity index (χ4v) is 6.86. The molecule has 11 heteroatoms. The molecule has 35 heavy (non-hydrogen) atoms. The molecular formula is C24H31N6NaO3S. The predicted octanol–water partition coefficient (Wildman–Crippen LogP) is 0.518. The molecule has 3 aliphatic rings. The summed E-state index contributed by atoms with van der Waals surface area (Å²) in [5.74, 6) is 0.545. The Bertz CT molecular complexity index is 1170. The van der Waals surface area contributed by atoms with Gasteiger partial charge in [0, 0.05) is 6.54 Å². The molecule has 2 amide bonds. The number of nitrogens with one attached hydrogen (secondary N) is 1. The van der Waals surface area contributed by atoms with Gasteiger partial charge in [-0.25, -0.2) is 18.4 Å². The Hall–Kier alpha value is -1.72. The van der Waals surface area contributed by atoms with E-state index >= 15 is 0 Å². The molecular weight excluding hydrogens is 475 g/mol. The van der Waals surface area contributed by atoms with Crippen molar-refractivity contribution in [1.82, 2.24) is 14.9 Å². The van der Waals surface area contributed by atoms with E-state index in [0.29, 0.717) is 24.5 Å². The van der Waals surface area contributed by atoms with Crippen LogP contribution in [0.4, 0.5) is 16.2 Å². The zero-order valence-corrected chi connectivity index (χ0v) is 23.6. The first kappa shape index (κ1) is 26.3. The molecule has 1 atom stereocenters. The van der Waals surface area contributed by atoms with Crippen LogP contribution in [-0.2, 0) is 35.9 Å². The molecule has 1 fully saturated rings. The third-order valence-corrected chi connectivity index (χ3v) is 8.51. The average molecular weight is 507 g/mol. The smallest absolute Gasteiger partial charge is 0.423 e. The molecule has 182 valence electrons. The Morgan fingerprint density at radius 2 is 1.71 bits per heavy atom. The number of fused-ring (bicyclic) bond motifs is 2. The minimum Gasteiger partial charge on any atom is -0.423 e. The molecule has 5 rings (SSSR count). The predicted molar refractivity (Wildman–Crippen MR) is 132 cm³/mol. The first-order valence-corrected chi connectivity index (χ1v) is 13.4. The van der Waals surface area contributed by atoms with Gasteiger partial charge in [-0.3, -0.25) is 9.10 Å². The van der Waals surface area contributed by atoms with Crippen LogP contribution in [0.3, 0.4) is 0 Å². The topological polar surface area (TPSA) is 110 Å². The summed E-state index contributed by atoms with van der Waals surface area (Å²) in [4.78, 5) is 23.5. The third kappa shape index (κ3) is 5.51. The number of likely N-dealkylation sites (N-methyl/N-ethyl adjacent to an activating group) is 1. The molecule has 2 heterocycles. The maximum Gasteiger partial charge on any atom is 1.00 e. The molecule has 1 aromatic carbocycles. The number of aromatic nitrogens is 2. The van der Waals surface area contributed by atoms with Crippen LogP contribution in [0.5, 0.6) is 0 Å². The van der Waals surface area contributed by atoms with Gasteiger partial charge in [0.25, 0.3) is 10.2 Å². The second-order valence-electron chi connectivity index (χ2n) is 9.58. The summed E-state index contributed by atoms with van der Waals surface area (Å²) in [7, 11) is -2.36. The fraction of sp³-hybridized carbons (Fsp3) is 0.542. The largest absolute Gasteiger partial charge is 1.00 e. The standard InChI is InChI=1S/C24H32N6O3S.Na/c1-16-25-13-20(14-26-16)30(19-8-5-11-29(2)15-19)34(32,33)28-24(31)27-23-21-9-3-6-17(21)12-18-7-4-10-22(18)23;/h12-14,19H,3-11,15H2,1-2H3,(H2,27,28,31);/q;+1/p-1. The minimum atomic E-state index is -4.32. The van der Waals surface area contributed by atoms with Gasteiger partial charge in [0.1, 0.15) is 5.82 Å². The van der Waals surface area contributed by atoms with E-state index in [2.05, 4.69) is 31.0 Å². The van der Waals surface area contributed by atoms with E-state index < -0.39 is 16.2 Å². The Kier molecular flexibility index (Phi) is 8.07. The maximum absolute atomic E-state index is 13.5. The van der Waals surface area contributed by atoms with Crippen LogP contribution < -0.4 is 39.2 Å². The third-order valence-electron chi connectivity index (χ3n) is 7.10. The number of anilines is 2. The summed E-state index contributed by atoms with van der Waals surface area (Å²) in [5, 5.41) is 2.87. The first-order chi connectivity index (χ1) is 16.3. The number of aryl methyl sites for hydroxylation is 3. The molecule has 1 N–H and O–H groups in total. The zero-order valence-electron chi connectivity index (χ0n) is 20.7. The number of carbonyl (C=O) groups excluding carboxylic acids is 1. The van der Waals surface area contributed by atoms with Gasteiger partial charge < -0.3 is 14.9 Å². The number of amides is 2. The second-order valence-corrected chi connectivity index (χ2v) is 11.0. The van der Waals surface area contributed by atoms with Crippen molar-refractivity contribution in [3.63, 3.8) is 0 Å². The van der Waals surface area contributed by atoms with E-state index in [1.165, 1.54) is 27.8 Å². The average Bonchev–Trinajstić information content (AvgIpc) is 3.44. The maximum atomic E-state index is 13.5. The van der Waals surface area contributed by atoms with E-state index in [0.717, 1.165) is 68.3 Å². The summed E-state index contributed by atoms with van der Waals surface area (Å²) < 4.78 is 32.0. The van der Waals surface area contributed by atoms with Gasteiger partial charge in [-0.2, -0.15) is 0 Å². The molecule has 0 spiro atoms. The van der Waals surface area contributed by atoms with Crippen molar-refractivity contribution in [1.29, 1.82) is 0 Å². The summed E-state index contributed by atoms with van der Waals surface area (Å²) in [6, 6.07) is 1.07. The van der Waals surface area contributed by atoms with E-state index in [4.69, 9.17) is 0 Å². The molecule has 1 aliphatic heterocycles. The van der Waals surface area contributed by atoms with Crippen LogP contribution in [-0.4, -0.2) is 55.5 Å². The number of likely N-dealkylation sites (tertiary alicyclic amines) is 1. The molecule has 1 unspecified atom stereocenters. The Labute approximate surface area is 229 Å². The van der Waals surface area contributed by atoms with E-state index in [-0.39, 0.29) is 35.6 Å². The molecule has 0 saturated carbocycles. The van der Waals surface area contributed by atoms with Crippen molar-refractivity contribution in [3.05, 3.63) is 51.3 Å². The Morgan fingerprint density at radius 1 is 1.09 bits per heavy atom. The first-order valence-electron chi connectivity index (χ1n) is 12.0. The van der Waals surface area contributed by atoms with Gasteiger partial charge in [-0.05, 0) is 99.8 Å². The second kappa shape index (κ2) is 10.7. The number of hydrogen-bond acceptors (Lipinski definition) is 6. The van der Waals surface area contributed by atoms with Gasteiger partial charge in [0.15, 0.2) is 6.03 Å². The number of hydrogen-bond donors (Lipinski definition) is 1. The van der Waals surface area contributed by atoms with Crippen molar-refractivity contribution in [2.75, 3.05) is 29.8 Å². The van der Waals surface area contributed by atoms with Crippen LogP contribution in [0.15, 0.2) is 18.5 Å². The van der Waals surface area contributed by atoms with Crippen molar-refractivity contribution in [2.45, 2.75) is 64.3 Å². The minimum absolute atomic E-state index is 0. The Morgan fingerprint density at radius 3 is 2.31 bits per heavy atom. The van der Waals surface area contributed by atoms with Crippen molar-refractivity contribution < 1.29 is 42.8 Å². The van der Waals surface area contributed by atoms with Crippen LogP contribution in [0.1, 0.15) is 53.8 Å². The van der Waals surface area contributed by atoms with Gasteiger partial charge in [0.05, 0.1) is 24.1 Å². The van der Waals surface area contributed by atoms with Crippen LogP contribution >= 0.6 is 0 Å². The van der Waals surface area contributed by atoms with E-state index in [1.54, 1.807) is 6.92 Å². The molecule has 2 aromatic rings. The SMILES string of the molecule is Cc1ncc(N(C2CCCN(C)C2)S(=O)(=O)[N-]C(=O)Nc2c3c(cc4c2CCC4)CCC3)cn1.[Na+]. The zero-order chi connectivity index (χ0) is 23.9. The number of piperidine rings is 1. The van der Waals surface area contributed by atoms with Crippen LogP contribution in [0, 0.1) is 6.92 Å². The molecule has 9 nitrogen and oxygen atoms in total. The van der Waals surface area contributed by atoms with Gasteiger partial charge in [-0.1, -0.05) is 6.07 Å². The number of carbonyl (C=O) groups is 1. The van der Waals surface area contributed by atoms with Crippen molar-refractivity contribution in [3.8, 4) is 0 Å². The molecule has 0 bridgehead atoms. The summed E-state index contributed by atoms with van der Waals surface area (Å²) in [6.45, 7) is 3.19. The fourth-order valence-electron chi connectivity index (χ4n) is 5.61. The molecule has 2 aliphatic carbocycles. The number of rotatable bonds is 5. The summed E-state index contributed by atoms with van der Waals surface area (Å²) >= 11 is 0. The number of benzene rings is 1. The Balaban J connectivity index is 0.00000289. The van der Waals surface area contributed by atoms with E-state index in [1.807, 2.05) is 7.05 Å². The molecule has 1 saturated heterocycles. The summed E-state index contributed by atoms with van der Waals surface area (Å²) in [5.41, 5.74) is 5.92. The van der Waals surface area contributed by atoms with Gasteiger partial charge in [-0.15, -0.1) is 0 Å². The molecule has 1 aromatic heterocycles. The van der Waals surface area contributed by atoms with Crippen molar-refractivity contribution in [2.24, 2.45) is 0 Å².